The van der Waals surface area contributed by atoms with Crippen LogP contribution in [0.4, 0.5) is 5.69 Å². The van der Waals surface area contributed by atoms with Crippen LogP contribution >= 0.6 is 0 Å². The zero-order valence-corrected chi connectivity index (χ0v) is 11.0. The van der Waals surface area contributed by atoms with Gasteiger partial charge in [0.1, 0.15) is 0 Å². The van der Waals surface area contributed by atoms with Gasteiger partial charge in [-0.1, -0.05) is 0 Å². The fourth-order valence-electron chi connectivity index (χ4n) is 1.43. The van der Waals surface area contributed by atoms with E-state index in [-0.39, 0.29) is 23.7 Å². The molecule has 0 aliphatic carbocycles. The van der Waals surface area contributed by atoms with Crippen molar-refractivity contribution in [1.29, 1.82) is 0 Å². The predicted molar refractivity (Wildman–Crippen MR) is 66.8 cm³/mol. The summed E-state index contributed by atoms with van der Waals surface area (Å²) in [5.74, 6) is 0. The maximum absolute atomic E-state index is 11.8. The van der Waals surface area contributed by atoms with Gasteiger partial charge in [-0.2, -0.15) is 0 Å². The Morgan fingerprint density at radius 2 is 2.00 bits per heavy atom. The Bertz CT molecular complexity index is 569. The average Bonchev–Trinajstić information content (AvgIpc) is 2.29. The largest absolute Gasteiger partial charge is 0.329 e. The Morgan fingerprint density at radius 1 is 1.39 bits per heavy atom. The fourth-order valence-corrected chi connectivity index (χ4v) is 2.58. The second-order valence-electron chi connectivity index (χ2n) is 3.83. The molecule has 0 saturated carbocycles. The summed E-state index contributed by atoms with van der Waals surface area (Å²) in [6, 6.07) is 2.46. The number of sulfonamides is 1. The van der Waals surface area contributed by atoms with E-state index in [0.717, 1.165) is 6.07 Å². The van der Waals surface area contributed by atoms with Gasteiger partial charge in [0.2, 0.25) is 10.0 Å². The lowest BCUT2D eigenvalue weighted by atomic mass is 10.1. The van der Waals surface area contributed by atoms with E-state index < -0.39 is 14.9 Å². The molecular formula is C10H15N3O4S. The summed E-state index contributed by atoms with van der Waals surface area (Å²) >= 11 is 0. The van der Waals surface area contributed by atoms with Gasteiger partial charge in [-0.15, -0.1) is 0 Å². The molecule has 0 unspecified atom stereocenters. The minimum absolute atomic E-state index is 0.0864. The van der Waals surface area contributed by atoms with Crippen LogP contribution in [0.25, 0.3) is 0 Å². The van der Waals surface area contributed by atoms with E-state index in [0.29, 0.717) is 11.1 Å². The van der Waals surface area contributed by atoms with Gasteiger partial charge < -0.3 is 5.73 Å². The molecular weight excluding hydrogens is 258 g/mol. The van der Waals surface area contributed by atoms with Gasteiger partial charge >= 0.3 is 0 Å². The number of nitro groups is 1. The first-order valence-electron chi connectivity index (χ1n) is 5.25. The number of nitrogens with zero attached hydrogens (tertiary/aromatic N) is 1. The zero-order chi connectivity index (χ0) is 13.9. The van der Waals surface area contributed by atoms with Gasteiger partial charge in [0.25, 0.3) is 5.69 Å². The molecule has 18 heavy (non-hydrogen) atoms. The van der Waals surface area contributed by atoms with Crippen molar-refractivity contribution in [2.24, 2.45) is 5.73 Å². The molecule has 0 aliphatic rings. The minimum Gasteiger partial charge on any atom is -0.329 e. The molecule has 0 heterocycles. The van der Waals surface area contributed by atoms with Crippen molar-refractivity contribution in [3.63, 3.8) is 0 Å². The van der Waals surface area contributed by atoms with Crippen LogP contribution in [-0.2, 0) is 10.0 Å². The number of benzene rings is 1. The molecule has 0 amide bonds. The number of nitrogens with one attached hydrogen (secondary N) is 1. The lowest BCUT2D eigenvalue weighted by Crippen LogP contribution is -2.29. The predicted octanol–water partition coefficient (Wildman–Crippen LogP) is 0.449. The van der Waals surface area contributed by atoms with Crippen molar-refractivity contribution < 1.29 is 13.3 Å². The molecule has 7 nitrogen and oxygen atoms in total. The summed E-state index contributed by atoms with van der Waals surface area (Å²) in [7, 11) is -3.75. The number of aryl methyl sites for hydroxylation is 1. The van der Waals surface area contributed by atoms with Gasteiger partial charge in [-0.25, -0.2) is 13.1 Å². The monoisotopic (exact) mass is 273 g/mol. The van der Waals surface area contributed by atoms with Gasteiger partial charge in [-0.05, 0) is 25.5 Å². The quantitative estimate of drug-likeness (QED) is 0.597. The lowest BCUT2D eigenvalue weighted by Gasteiger charge is -2.08. The summed E-state index contributed by atoms with van der Waals surface area (Å²) < 4.78 is 25.9. The molecule has 0 radical (unpaired) electrons. The molecule has 1 rings (SSSR count). The van der Waals surface area contributed by atoms with Crippen molar-refractivity contribution in [3.05, 3.63) is 33.4 Å². The van der Waals surface area contributed by atoms with E-state index >= 15 is 0 Å². The van der Waals surface area contributed by atoms with E-state index in [1.807, 2.05) is 0 Å². The molecule has 0 bridgehead atoms. The molecule has 0 atom stereocenters. The Hall–Kier alpha value is -1.51. The van der Waals surface area contributed by atoms with Gasteiger partial charge in [0.15, 0.2) is 0 Å². The molecule has 8 heteroatoms. The topological polar surface area (TPSA) is 115 Å². The van der Waals surface area contributed by atoms with Crippen LogP contribution in [0.5, 0.6) is 0 Å². The Balaban J connectivity index is 3.31. The first kappa shape index (κ1) is 14.6. The summed E-state index contributed by atoms with van der Waals surface area (Å²) in [5, 5.41) is 10.8. The maximum Gasteiger partial charge on any atom is 0.273 e. The van der Waals surface area contributed by atoms with Crippen LogP contribution in [0.2, 0.25) is 0 Å². The van der Waals surface area contributed by atoms with Crippen LogP contribution in [0.1, 0.15) is 11.1 Å². The van der Waals surface area contributed by atoms with Gasteiger partial charge in [-0.3, -0.25) is 10.1 Å². The molecule has 0 spiro atoms. The molecule has 0 aliphatic heterocycles. The normalized spacial score (nSPS) is 11.5. The third-order valence-corrected chi connectivity index (χ3v) is 4.00. The van der Waals surface area contributed by atoms with Gasteiger partial charge in [0, 0.05) is 24.7 Å². The number of nitro benzene ring substituents is 1. The molecule has 1 aromatic carbocycles. The summed E-state index contributed by atoms with van der Waals surface area (Å²) in [4.78, 5) is 10.1. The van der Waals surface area contributed by atoms with Crippen molar-refractivity contribution in [1.82, 2.24) is 4.72 Å². The highest BCUT2D eigenvalue weighted by Gasteiger charge is 2.21. The highest BCUT2D eigenvalue weighted by atomic mass is 32.2. The third kappa shape index (κ3) is 3.03. The molecule has 0 aromatic heterocycles. The number of hydrogen-bond donors (Lipinski definition) is 2. The van der Waals surface area contributed by atoms with Crippen molar-refractivity contribution in [2.45, 2.75) is 18.7 Å². The van der Waals surface area contributed by atoms with E-state index in [9.17, 15) is 18.5 Å². The molecule has 0 saturated heterocycles. The lowest BCUT2D eigenvalue weighted by molar-refractivity contribution is -0.385. The van der Waals surface area contributed by atoms with Crippen molar-refractivity contribution >= 4 is 15.7 Å². The Labute approximate surface area is 105 Å². The first-order valence-corrected chi connectivity index (χ1v) is 6.73. The smallest absolute Gasteiger partial charge is 0.273 e. The van der Waals surface area contributed by atoms with Crippen molar-refractivity contribution in [2.75, 3.05) is 13.1 Å². The first-order chi connectivity index (χ1) is 8.29. The summed E-state index contributed by atoms with van der Waals surface area (Å²) in [5.41, 5.74) is 6.01. The zero-order valence-electron chi connectivity index (χ0n) is 10.1. The summed E-state index contributed by atoms with van der Waals surface area (Å²) in [6.45, 7) is 3.46. The second kappa shape index (κ2) is 5.42. The van der Waals surface area contributed by atoms with Crippen LogP contribution in [-0.4, -0.2) is 26.4 Å². The fraction of sp³-hybridized carbons (Fsp3) is 0.400. The highest BCUT2D eigenvalue weighted by Crippen LogP contribution is 2.25. The van der Waals surface area contributed by atoms with Crippen molar-refractivity contribution in [3.8, 4) is 0 Å². The number of hydrogen-bond acceptors (Lipinski definition) is 5. The SMILES string of the molecule is Cc1cc(S(=O)(=O)NCCN)cc([N+](=O)[O-])c1C. The van der Waals surface area contributed by atoms with E-state index in [2.05, 4.69) is 4.72 Å². The molecule has 0 fully saturated rings. The van der Waals surface area contributed by atoms with Crippen LogP contribution in [0, 0.1) is 24.0 Å². The van der Waals surface area contributed by atoms with Gasteiger partial charge in [0.05, 0.1) is 9.82 Å². The van der Waals surface area contributed by atoms with E-state index in [4.69, 9.17) is 5.73 Å². The second-order valence-corrected chi connectivity index (χ2v) is 5.59. The molecule has 3 N–H and O–H groups in total. The Kier molecular flexibility index (Phi) is 4.38. The van der Waals surface area contributed by atoms with Crippen LogP contribution < -0.4 is 10.5 Å². The summed E-state index contributed by atoms with van der Waals surface area (Å²) in [6.07, 6.45) is 0. The van der Waals surface area contributed by atoms with Crippen LogP contribution in [0.15, 0.2) is 17.0 Å². The number of nitrogens with two attached hydrogens (primary N) is 1. The highest BCUT2D eigenvalue weighted by molar-refractivity contribution is 7.89. The van der Waals surface area contributed by atoms with E-state index in [1.54, 1.807) is 13.8 Å². The average molecular weight is 273 g/mol. The maximum atomic E-state index is 11.8. The number of rotatable bonds is 5. The Morgan fingerprint density at radius 3 is 2.50 bits per heavy atom. The van der Waals surface area contributed by atoms with E-state index in [1.165, 1.54) is 6.07 Å². The third-order valence-electron chi connectivity index (χ3n) is 2.56. The van der Waals surface area contributed by atoms with Crippen LogP contribution in [0.3, 0.4) is 0 Å². The molecule has 1 aromatic rings. The molecule has 100 valence electrons. The minimum atomic E-state index is -3.75. The standard InChI is InChI=1S/C10H15N3O4S/c1-7-5-9(18(16,17)12-4-3-11)6-10(8(7)2)13(14)15/h5-6,12H,3-4,11H2,1-2H3.